The van der Waals surface area contributed by atoms with Crippen LogP contribution in [0.2, 0.25) is 0 Å². The number of hydrogen-bond donors (Lipinski definition) is 2. The van der Waals surface area contributed by atoms with Crippen LogP contribution in [0.15, 0.2) is 11.6 Å². The lowest BCUT2D eigenvalue weighted by atomic mass is 9.80. The van der Waals surface area contributed by atoms with Crippen LogP contribution in [0, 0.1) is 23.7 Å². The summed E-state index contributed by atoms with van der Waals surface area (Å²) < 4.78 is 0. The Morgan fingerprint density at radius 1 is 1.21 bits per heavy atom. The van der Waals surface area contributed by atoms with Gasteiger partial charge in [-0.2, -0.15) is 0 Å². The smallest absolute Gasteiger partial charge is 0.165 e. The summed E-state index contributed by atoms with van der Waals surface area (Å²) in [4.78, 5) is 24.9. The Balaban J connectivity index is 2.97. The lowest BCUT2D eigenvalue weighted by molar-refractivity contribution is -0.135. The summed E-state index contributed by atoms with van der Waals surface area (Å²) in [5.41, 5.74) is 1.21. The van der Waals surface area contributed by atoms with Crippen molar-refractivity contribution < 1.29 is 19.8 Å². The van der Waals surface area contributed by atoms with Crippen molar-refractivity contribution in [3.8, 4) is 0 Å². The van der Waals surface area contributed by atoms with Crippen molar-refractivity contribution in [3.63, 3.8) is 0 Å². The fraction of sp³-hybridized carbons (Fsp3) is 0.800. The van der Waals surface area contributed by atoms with Crippen molar-refractivity contribution in [3.05, 3.63) is 11.6 Å². The van der Waals surface area contributed by atoms with Crippen molar-refractivity contribution in [1.82, 2.24) is 0 Å². The zero-order valence-electron chi connectivity index (χ0n) is 15.6. The molecule has 0 bridgehead atoms. The lowest BCUT2D eigenvalue weighted by Crippen LogP contribution is -2.36. The third-order valence-electron chi connectivity index (χ3n) is 5.37. The molecule has 0 amide bonds. The van der Waals surface area contributed by atoms with Crippen molar-refractivity contribution in [1.29, 1.82) is 0 Å². The molecule has 1 aliphatic carbocycles. The van der Waals surface area contributed by atoms with Crippen LogP contribution in [0.3, 0.4) is 0 Å². The minimum atomic E-state index is -1.02. The zero-order chi connectivity index (χ0) is 18.3. The van der Waals surface area contributed by atoms with Crippen LogP contribution in [0.4, 0.5) is 0 Å². The molecule has 0 heterocycles. The summed E-state index contributed by atoms with van der Waals surface area (Å²) in [6.07, 6.45) is 4.99. The van der Waals surface area contributed by atoms with Crippen LogP contribution in [-0.4, -0.2) is 34.5 Å². The van der Waals surface area contributed by atoms with E-state index in [0.717, 1.165) is 12.8 Å². The van der Waals surface area contributed by atoms with Gasteiger partial charge in [-0.15, -0.1) is 0 Å². The van der Waals surface area contributed by atoms with Gasteiger partial charge in [-0.3, -0.25) is 9.59 Å². The van der Waals surface area contributed by atoms with Crippen LogP contribution in [0.25, 0.3) is 0 Å². The standard InChI is InChI=1S/C20H34O4/c1-13(2)17-10-8-14(3)6-5-7-16(12-21)18(22)11-9-15(4)19(23)20(17)24/h8,13,15-17,19,21,23H,5-7,9-12H2,1-4H3/b14-8+/t15-,16+,17-,19+/m1/s1. The van der Waals surface area contributed by atoms with E-state index >= 15 is 0 Å². The summed E-state index contributed by atoms with van der Waals surface area (Å²) in [6, 6.07) is 0. The van der Waals surface area contributed by atoms with Gasteiger partial charge in [0.1, 0.15) is 11.9 Å². The molecular formula is C20H34O4. The van der Waals surface area contributed by atoms with Crippen molar-refractivity contribution >= 4 is 11.6 Å². The van der Waals surface area contributed by atoms with E-state index in [4.69, 9.17) is 0 Å². The normalized spacial score (nSPS) is 33.9. The summed E-state index contributed by atoms with van der Waals surface area (Å²) in [7, 11) is 0. The number of rotatable bonds is 2. The molecule has 1 rings (SSSR count). The Hall–Kier alpha value is -1.00. The summed E-state index contributed by atoms with van der Waals surface area (Å²) in [5, 5.41) is 19.9. The largest absolute Gasteiger partial charge is 0.396 e. The highest BCUT2D eigenvalue weighted by Gasteiger charge is 2.31. The molecule has 2 N–H and O–H groups in total. The van der Waals surface area contributed by atoms with E-state index in [1.807, 2.05) is 27.7 Å². The summed E-state index contributed by atoms with van der Waals surface area (Å²) >= 11 is 0. The monoisotopic (exact) mass is 338 g/mol. The predicted octanol–water partition coefficient (Wildman–Crippen LogP) is 3.30. The van der Waals surface area contributed by atoms with Crippen LogP contribution < -0.4 is 0 Å². The minimum absolute atomic E-state index is 0.0445. The van der Waals surface area contributed by atoms with E-state index in [1.54, 1.807) is 0 Å². The molecule has 0 aliphatic heterocycles. The maximum absolute atomic E-state index is 12.7. The molecule has 0 radical (unpaired) electrons. The maximum atomic E-state index is 12.7. The van der Waals surface area contributed by atoms with Gasteiger partial charge in [0.15, 0.2) is 5.78 Å². The SMILES string of the molecule is C/C1=C\C[C@H](C(C)C)C(=O)[C@@H](O)[C@H](C)CCC(=O)[C@H](CO)CCC1. The third-order valence-corrected chi connectivity index (χ3v) is 5.37. The van der Waals surface area contributed by atoms with Crippen molar-refractivity contribution in [2.75, 3.05) is 6.61 Å². The highest BCUT2D eigenvalue weighted by Crippen LogP contribution is 2.26. The van der Waals surface area contributed by atoms with Crippen molar-refractivity contribution in [2.24, 2.45) is 23.7 Å². The Labute approximate surface area is 146 Å². The number of carbonyl (C=O) groups is 2. The van der Waals surface area contributed by atoms with E-state index in [2.05, 4.69) is 6.08 Å². The van der Waals surface area contributed by atoms with Gasteiger partial charge in [0, 0.05) is 18.3 Å². The highest BCUT2D eigenvalue weighted by atomic mass is 16.3. The molecule has 138 valence electrons. The zero-order valence-corrected chi connectivity index (χ0v) is 15.6. The molecular weight excluding hydrogens is 304 g/mol. The number of aliphatic hydroxyl groups excluding tert-OH is 2. The molecule has 4 heteroatoms. The number of ketones is 2. The van der Waals surface area contributed by atoms with E-state index in [0.29, 0.717) is 25.7 Å². The molecule has 0 fully saturated rings. The topological polar surface area (TPSA) is 74.6 Å². The van der Waals surface area contributed by atoms with Gasteiger partial charge in [0.25, 0.3) is 0 Å². The van der Waals surface area contributed by atoms with E-state index < -0.39 is 6.10 Å². The van der Waals surface area contributed by atoms with Crippen LogP contribution in [0.1, 0.15) is 66.2 Å². The molecule has 0 unspecified atom stereocenters. The van der Waals surface area contributed by atoms with Crippen LogP contribution in [-0.2, 0) is 9.59 Å². The quantitative estimate of drug-likeness (QED) is 0.758. The molecule has 0 aromatic rings. The average Bonchev–Trinajstić information content (AvgIpc) is 2.54. The van der Waals surface area contributed by atoms with Crippen LogP contribution in [0.5, 0.6) is 0 Å². The molecule has 0 aromatic heterocycles. The average molecular weight is 338 g/mol. The summed E-state index contributed by atoms with van der Waals surface area (Å²) in [6.45, 7) is 7.78. The molecule has 0 saturated carbocycles. The van der Waals surface area contributed by atoms with Gasteiger partial charge >= 0.3 is 0 Å². The van der Waals surface area contributed by atoms with Gasteiger partial charge < -0.3 is 10.2 Å². The molecule has 1 aliphatic rings. The first-order chi connectivity index (χ1) is 11.3. The molecule has 4 atom stereocenters. The van der Waals surface area contributed by atoms with Gasteiger partial charge in [-0.25, -0.2) is 0 Å². The Kier molecular flexibility index (Phi) is 8.85. The van der Waals surface area contributed by atoms with Gasteiger partial charge in [0.2, 0.25) is 0 Å². The number of allylic oxidation sites excluding steroid dienone is 2. The van der Waals surface area contributed by atoms with Crippen molar-refractivity contribution in [2.45, 2.75) is 72.3 Å². The minimum Gasteiger partial charge on any atom is -0.396 e. The fourth-order valence-electron chi connectivity index (χ4n) is 3.36. The van der Waals surface area contributed by atoms with E-state index in [9.17, 15) is 19.8 Å². The first kappa shape index (κ1) is 21.0. The number of aliphatic hydroxyl groups is 2. The maximum Gasteiger partial charge on any atom is 0.165 e. The van der Waals surface area contributed by atoms with Gasteiger partial charge in [-0.05, 0) is 50.9 Å². The van der Waals surface area contributed by atoms with Gasteiger partial charge in [-0.1, -0.05) is 32.4 Å². The fourth-order valence-corrected chi connectivity index (χ4v) is 3.36. The second kappa shape index (κ2) is 10.1. The molecule has 0 aromatic carbocycles. The van der Waals surface area contributed by atoms with E-state index in [-0.39, 0.29) is 41.8 Å². The van der Waals surface area contributed by atoms with E-state index in [1.165, 1.54) is 5.57 Å². The van der Waals surface area contributed by atoms with Gasteiger partial charge in [0.05, 0.1) is 6.61 Å². The number of hydrogen-bond acceptors (Lipinski definition) is 4. The first-order valence-electron chi connectivity index (χ1n) is 9.28. The third kappa shape index (κ3) is 6.14. The Bertz CT molecular complexity index is 453. The molecule has 0 spiro atoms. The Morgan fingerprint density at radius 3 is 2.46 bits per heavy atom. The first-order valence-corrected chi connectivity index (χ1v) is 9.28. The molecule has 24 heavy (non-hydrogen) atoms. The highest BCUT2D eigenvalue weighted by molar-refractivity contribution is 5.86. The molecule has 4 nitrogen and oxygen atoms in total. The second-order valence-electron chi connectivity index (χ2n) is 7.74. The lowest BCUT2D eigenvalue weighted by Gasteiger charge is -2.26. The summed E-state index contributed by atoms with van der Waals surface area (Å²) in [5.74, 6) is -0.620. The number of carbonyl (C=O) groups excluding carboxylic acids is 2. The number of Topliss-reactive ketones (excluding diaryl/α,β-unsaturated/α-hetero) is 2. The van der Waals surface area contributed by atoms with Crippen LogP contribution >= 0.6 is 0 Å². The predicted molar refractivity (Wildman–Crippen MR) is 95.5 cm³/mol. The molecule has 0 saturated heterocycles. The Morgan fingerprint density at radius 2 is 1.88 bits per heavy atom. The second-order valence-corrected chi connectivity index (χ2v) is 7.74.